The number of anilines is 1. The highest BCUT2D eigenvalue weighted by atomic mass is 32.1. The maximum absolute atomic E-state index is 12.5. The van der Waals surface area contributed by atoms with Crippen LogP contribution in [-0.4, -0.2) is 28.2 Å². The van der Waals surface area contributed by atoms with Crippen LogP contribution in [0.3, 0.4) is 0 Å². The fourth-order valence-electron chi connectivity index (χ4n) is 3.76. The van der Waals surface area contributed by atoms with Crippen molar-refractivity contribution in [1.29, 1.82) is 0 Å². The number of hydrogen-bond donors (Lipinski definition) is 2. The van der Waals surface area contributed by atoms with E-state index in [1.807, 2.05) is 24.3 Å². The van der Waals surface area contributed by atoms with Gasteiger partial charge in [-0.2, -0.15) is 0 Å². The highest BCUT2D eigenvalue weighted by Crippen LogP contribution is 2.42. The number of fused-ring (bicyclic) bond motifs is 1. The summed E-state index contributed by atoms with van der Waals surface area (Å²) in [6.07, 6.45) is 2.53. The first-order valence-corrected chi connectivity index (χ1v) is 11.7. The number of nitrogens with zero attached hydrogens (tertiary/aromatic N) is 2. The van der Waals surface area contributed by atoms with Crippen LogP contribution in [0.25, 0.3) is 27.0 Å². The Labute approximate surface area is 196 Å². The molecule has 0 saturated carbocycles. The van der Waals surface area contributed by atoms with Gasteiger partial charge < -0.3 is 10.1 Å². The molecule has 2 heterocycles. The molecule has 0 atom stereocenters. The van der Waals surface area contributed by atoms with Gasteiger partial charge in [0.2, 0.25) is 0 Å². The third-order valence-electron chi connectivity index (χ3n) is 5.41. The van der Waals surface area contributed by atoms with E-state index >= 15 is 0 Å². The first kappa shape index (κ1) is 22.8. The summed E-state index contributed by atoms with van der Waals surface area (Å²) in [6.45, 7) is 9.31. The number of ether oxygens (including phenoxy) is 1. The fraction of sp³-hybridized carbons (Fsp3) is 0.320. The number of H-pyrrole nitrogens is 1. The van der Waals surface area contributed by atoms with Gasteiger partial charge in [0.25, 0.3) is 5.56 Å². The lowest BCUT2D eigenvalue weighted by atomic mass is 9.83. The van der Waals surface area contributed by atoms with Crippen LogP contribution in [-0.2, 0) is 5.41 Å². The van der Waals surface area contributed by atoms with Crippen LogP contribution < -0.4 is 21.3 Å². The molecule has 0 saturated heterocycles. The minimum Gasteiger partial charge on any atom is -0.496 e. The molecule has 4 aromatic rings. The number of rotatable bonds is 6. The summed E-state index contributed by atoms with van der Waals surface area (Å²) in [6, 6.07) is 11.3. The predicted octanol–water partition coefficient (Wildman–Crippen LogP) is 4.93. The summed E-state index contributed by atoms with van der Waals surface area (Å²) in [4.78, 5) is 31.1. The van der Waals surface area contributed by atoms with E-state index in [0.717, 1.165) is 50.8 Å². The maximum Gasteiger partial charge on any atom is 0.332 e. The zero-order valence-electron chi connectivity index (χ0n) is 19.5. The molecule has 0 aliphatic rings. The highest BCUT2D eigenvalue weighted by Gasteiger charge is 2.24. The van der Waals surface area contributed by atoms with Crippen LogP contribution in [0, 0.1) is 0 Å². The van der Waals surface area contributed by atoms with Gasteiger partial charge in [0.05, 0.1) is 23.0 Å². The monoisotopic (exact) mass is 464 g/mol. The molecule has 0 bridgehead atoms. The van der Waals surface area contributed by atoms with Crippen molar-refractivity contribution in [3.05, 3.63) is 69.0 Å². The molecule has 0 radical (unpaired) electrons. The second-order valence-electron chi connectivity index (χ2n) is 8.93. The van der Waals surface area contributed by atoms with E-state index < -0.39 is 11.2 Å². The molecule has 0 fully saturated rings. The van der Waals surface area contributed by atoms with Crippen LogP contribution in [0.2, 0.25) is 0 Å². The lowest BCUT2D eigenvalue weighted by Gasteiger charge is -2.25. The number of benzene rings is 2. The third kappa shape index (κ3) is 4.57. The van der Waals surface area contributed by atoms with Gasteiger partial charge in [-0.3, -0.25) is 14.3 Å². The average Bonchev–Trinajstić information content (AvgIpc) is 3.18. The standard InChI is InChI=1S/C25H28N4O3S/c1-6-10-26-23-27-19-8-7-15(12-20(19)33-23)17-13-16(29-11-9-21(30)28-24(29)31)14-18(22(17)32-5)25(2,3)4/h7-9,11-14H,6,10H2,1-5H3,(H,26,27)(H,28,30,31). The molecule has 7 nitrogen and oxygen atoms in total. The molecule has 2 N–H and O–H groups in total. The van der Waals surface area contributed by atoms with Crippen molar-refractivity contribution in [2.75, 3.05) is 19.0 Å². The van der Waals surface area contributed by atoms with Crippen molar-refractivity contribution in [2.24, 2.45) is 0 Å². The van der Waals surface area contributed by atoms with Gasteiger partial charge >= 0.3 is 5.69 Å². The highest BCUT2D eigenvalue weighted by molar-refractivity contribution is 7.22. The van der Waals surface area contributed by atoms with Gasteiger partial charge in [0.1, 0.15) is 5.75 Å². The van der Waals surface area contributed by atoms with Crippen molar-refractivity contribution < 1.29 is 4.74 Å². The fourth-order valence-corrected chi connectivity index (χ4v) is 4.70. The van der Waals surface area contributed by atoms with Crippen LogP contribution in [0.5, 0.6) is 5.75 Å². The van der Waals surface area contributed by atoms with Crippen molar-refractivity contribution in [2.45, 2.75) is 39.5 Å². The predicted molar refractivity (Wildman–Crippen MR) is 135 cm³/mol. The number of aromatic nitrogens is 3. The quantitative estimate of drug-likeness (QED) is 0.422. The Morgan fingerprint density at radius 1 is 1.15 bits per heavy atom. The summed E-state index contributed by atoms with van der Waals surface area (Å²) >= 11 is 1.62. The molecular weight excluding hydrogens is 436 g/mol. The summed E-state index contributed by atoms with van der Waals surface area (Å²) < 4.78 is 8.41. The van der Waals surface area contributed by atoms with Crippen LogP contribution in [0.1, 0.15) is 39.7 Å². The van der Waals surface area contributed by atoms with Gasteiger partial charge in [-0.15, -0.1) is 0 Å². The number of aromatic amines is 1. The van der Waals surface area contributed by atoms with Gasteiger partial charge in [-0.25, -0.2) is 9.78 Å². The molecule has 4 rings (SSSR count). The van der Waals surface area contributed by atoms with E-state index in [0.29, 0.717) is 5.69 Å². The Hall–Kier alpha value is -3.39. The first-order chi connectivity index (χ1) is 15.7. The molecule has 0 aliphatic heterocycles. The second-order valence-corrected chi connectivity index (χ2v) is 9.96. The average molecular weight is 465 g/mol. The topological polar surface area (TPSA) is 89.0 Å². The molecule has 0 amide bonds. The number of hydrogen-bond acceptors (Lipinski definition) is 6. The minimum absolute atomic E-state index is 0.242. The van der Waals surface area contributed by atoms with Crippen LogP contribution >= 0.6 is 11.3 Å². The Bertz CT molecular complexity index is 1430. The molecule has 172 valence electrons. The van der Waals surface area contributed by atoms with Crippen molar-refractivity contribution in [3.63, 3.8) is 0 Å². The van der Waals surface area contributed by atoms with E-state index in [2.05, 4.69) is 49.0 Å². The number of methoxy groups -OCH3 is 1. The van der Waals surface area contributed by atoms with Crippen molar-refractivity contribution >= 4 is 26.7 Å². The summed E-state index contributed by atoms with van der Waals surface area (Å²) in [5.74, 6) is 0.761. The Morgan fingerprint density at radius 3 is 2.61 bits per heavy atom. The van der Waals surface area contributed by atoms with Crippen molar-refractivity contribution in [1.82, 2.24) is 14.5 Å². The lowest BCUT2D eigenvalue weighted by molar-refractivity contribution is 0.399. The Morgan fingerprint density at radius 2 is 1.94 bits per heavy atom. The van der Waals surface area contributed by atoms with E-state index in [-0.39, 0.29) is 5.41 Å². The van der Waals surface area contributed by atoms with Gasteiger partial charge in [-0.1, -0.05) is 45.1 Å². The van der Waals surface area contributed by atoms with E-state index in [1.54, 1.807) is 18.4 Å². The maximum atomic E-state index is 12.5. The van der Waals surface area contributed by atoms with Crippen LogP contribution in [0.15, 0.2) is 52.2 Å². The summed E-state index contributed by atoms with van der Waals surface area (Å²) in [5, 5.41) is 4.25. The van der Waals surface area contributed by atoms with Crippen molar-refractivity contribution in [3.8, 4) is 22.6 Å². The van der Waals surface area contributed by atoms with E-state index in [1.165, 1.54) is 16.8 Å². The summed E-state index contributed by atoms with van der Waals surface area (Å²) in [7, 11) is 1.66. The lowest BCUT2D eigenvalue weighted by Crippen LogP contribution is -2.27. The summed E-state index contributed by atoms with van der Waals surface area (Å²) in [5.41, 5.74) is 3.24. The molecule has 0 spiro atoms. The third-order valence-corrected chi connectivity index (χ3v) is 6.39. The van der Waals surface area contributed by atoms with E-state index in [4.69, 9.17) is 4.74 Å². The second kappa shape index (κ2) is 8.86. The van der Waals surface area contributed by atoms with Gasteiger partial charge in [0, 0.05) is 29.9 Å². The zero-order chi connectivity index (χ0) is 23.8. The molecule has 33 heavy (non-hydrogen) atoms. The van der Waals surface area contributed by atoms with Crippen LogP contribution in [0.4, 0.5) is 5.13 Å². The zero-order valence-corrected chi connectivity index (χ0v) is 20.3. The first-order valence-electron chi connectivity index (χ1n) is 10.9. The largest absolute Gasteiger partial charge is 0.496 e. The normalized spacial score (nSPS) is 11.7. The number of nitrogens with one attached hydrogen (secondary N) is 2. The Kier molecular flexibility index (Phi) is 6.12. The minimum atomic E-state index is -0.483. The molecule has 2 aromatic heterocycles. The SMILES string of the molecule is CCCNc1nc2ccc(-c3cc(-n4ccc(=O)[nH]c4=O)cc(C(C)(C)C)c3OC)cc2s1. The molecule has 8 heteroatoms. The molecule has 0 aliphatic carbocycles. The molecular formula is C25H28N4O3S. The van der Waals surface area contributed by atoms with Gasteiger partial charge in [-0.05, 0) is 41.7 Å². The van der Waals surface area contributed by atoms with Gasteiger partial charge in [0.15, 0.2) is 5.13 Å². The Balaban J connectivity index is 1.94. The van der Waals surface area contributed by atoms with E-state index in [9.17, 15) is 9.59 Å². The molecule has 0 unspecified atom stereocenters. The number of thiazole rings is 1. The molecule has 2 aromatic carbocycles. The smallest absolute Gasteiger partial charge is 0.332 e.